The second-order valence-electron chi connectivity index (χ2n) is 3.51. The average molecular weight is 250 g/mol. The number of ether oxygens (including phenoxy) is 1. The van der Waals surface area contributed by atoms with Crippen molar-refractivity contribution in [3.05, 3.63) is 28.5 Å². The first-order chi connectivity index (χ1) is 8.31. The molecule has 0 amide bonds. The zero-order valence-electron chi connectivity index (χ0n) is 9.80. The maximum atomic E-state index is 5.14. The van der Waals surface area contributed by atoms with E-state index in [1.54, 1.807) is 18.4 Å². The largest absolute Gasteiger partial charge is 0.481 e. The number of aromatic nitrogens is 3. The Morgan fingerprint density at radius 1 is 1.35 bits per heavy atom. The first-order valence-electron chi connectivity index (χ1n) is 5.27. The van der Waals surface area contributed by atoms with E-state index in [1.807, 2.05) is 12.4 Å². The zero-order chi connectivity index (χ0) is 12.1. The fourth-order valence-electron chi connectivity index (χ4n) is 1.49. The summed E-state index contributed by atoms with van der Waals surface area (Å²) in [5, 5.41) is 5.31. The number of methoxy groups -OCH3 is 1. The molecule has 0 spiro atoms. The van der Waals surface area contributed by atoms with Crippen LogP contribution in [0.1, 0.15) is 11.3 Å². The number of thiazole rings is 1. The molecule has 0 aromatic carbocycles. The summed E-state index contributed by atoms with van der Waals surface area (Å²) in [4.78, 5) is 12.4. The lowest BCUT2D eigenvalue weighted by Crippen LogP contribution is -2.09. The molecule has 0 aliphatic carbocycles. The van der Waals surface area contributed by atoms with E-state index in [4.69, 9.17) is 4.74 Å². The van der Waals surface area contributed by atoms with Crippen LogP contribution in [0.15, 0.2) is 17.2 Å². The molecule has 0 aliphatic heterocycles. The highest BCUT2D eigenvalue weighted by molar-refractivity contribution is 7.07. The SMILES string of the molecule is COc1ncnc(NCCc2cscn2)c1C. The van der Waals surface area contributed by atoms with Gasteiger partial charge in [-0.25, -0.2) is 15.0 Å². The van der Waals surface area contributed by atoms with Crippen LogP contribution in [-0.4, -0.2) is 28.6 Å². The van der Waals surface area contributed by atoms with Crippen LogP contribution >= 0.6 is 11.3 Å². The van der Waals surface area contributed by atoms with Crippen molar-refractivity contribution in [3.63, 3.8) is 0 Å². The number of anilines is 1. The van der Waals surface area contributed by atoms with Crippen LogP contribution in [0.5, 0.6) is 5.88 Å². The standard InChI is InChI=1S/C11H14N4OS/c1-8-10(13-6-14-11(8)16-2)12-4-3-9-5-17-7-15-9/h5-7H,3-4H2,1-2H3,(H,12,13,14). The molecule has 5 nitrogen and oxygen atoms in total. The van der Waals surface area contributed by atoms with Crippen molar-refractivity contribution in [3.8, 4) is 5.88 Å². The maximum Gasteiger partial charge on any atom is 0.221 e. The summed E-state index contributed by atoms with van der Waals surface area (Å²) in [6.07, 6.45) is 2.38. The zero-order valence-corrected chi connectivity index (χ0v) is 10.6. The van der Waals surface area contributed by atoms with E-state index in [9.17, 15) is 0 Å². The molecule has 0 fully saturated rings. The number of rotatable bonds is 5. The van der Waals surface area contributed by atoms with Crippen molar-refractivity contribution < 1.29 is 4.74 Å². The average Bonchev–Trinajstić information content (AvgIpc) is 2.84. The van der Waals surface area contributed by atoms with Crippen LogP contribution < -0.4 is 10.1 Å². The number of nitrogens with one attached hydrogen (secondary N) is 1. The lowest BCUT2D eigenvalue weighted by molar-refractivity contribution is 0.393. The molecule has 0 unspecified atom stereocenters. The molecule has 2 heterocycles. The summed E-state index contributed by atoms with van der Waals surface area (Å²) in [6, 6.07) is 0. The minimum Gasteiger partial charge on any atom is -0.481 e. The quantitative estimate of drug-likeness (QED) is 0.878. The minimum absolute atomic E-state index is 0.608. The summed E-state index contributed by atoms with van der Waals surface area (Å²) in [5.41, 5.74) is 3.86. The smallest absolute Gasteiger partial charge is 0.221 e. The Labute approximate surface area is 104 Å². The lowest BCUT2D eigenvalue weighted by atomic mass is 10.3. The molecule has 2 aromatic rings. The highest BCUT2D eigenvalue weighted by atomic mass is 32.1. The molecule has 0 saturated carbocycles. The molecule has 0 atom stereocenters. The van der Waals surface area contributed by atoms with Crippen LogP contribution in [-0.2, 0) is 6.42 Å². The van der Waals surface area contributed by atoms with E-state index in [0.29, 0.717) is 5.88 Å². The van der Waals surface area contributed by atoms with Crippen molar-refractivity contribution in [1.29, 1.82) is 0 Å². The lowest BCUT2D eigenvalue weighted by Gasteiger charge is -2.09. The molecule has 2 aromatic heterocycles. The van der Waals surface area contributed by atoms with E-state index in [0.717, 1.165) is 30.0 Å². The number of nitrogens with zero attached hydrogens (tertiary/aromatic N) is 3. The van der Waals surface area contributed by atoms with E-state index in [-0.39, 0.29) is 0 Å². The Kier molecular flexibility index (Phi) is 3.87. The Balaban J connectivity index is 1.95. The van der Waals surface area contributed by atoms with Crippen molar-refractivity contribution in [1.82, 2.24) is 15.0 Å². The summed E-state index contributed by atoms with van der Waals surface area (Å²) in [7, 11) is 1.61. The van der Waals surface area contributed by atoms with Gasteiger partial charge in [-0.3, -0.25) is 0 Å². The van der Waals surface area contributed by atoms with Gasteiger partial charge in [0, 0.05) is 18.3 Å². The Hall–Kier alpha value is -1.69. The number of hydrogen-bond acceptors (Lipinski definition) is 6. The predicted octanol–water partition coefficient (Wildman–Crippen LogP) is 1.90. The second-order valence-corrected chi connectivity index (χ2v) is 4.23. The van der Waals surface area contributed by atoms with Gasteiger partial charge in [0.2, 0.25) is 5.88 Å². The summed E-state index contributed by atoms with van der Waals surface area (Å²) < 4.78 is 5.14. The summed E-state index contributed by atoms with van der Waals surface area (Å²) in [6.45, 7) is 2.73. The van der Waals surface area contributed by atoms with Gasteiger partial charge in [-0.05, 0) is 6.92 Å². The first-order valence-corrected chi connectivity index (χ1v) is 6.22. The third kappa shape index (κ3) is 2.91. The molecule has 1 N–H and O–H groups in total. The van der Waals surface area contributed by atoms with Crippen LogP contribution in [0.2, 0.25) is 0 Å². The summed E-state index contributed by atoms with van der Waals surface area (Å²) in [5.74, 6) is 1.42. The molecule has 6 heteroatoms. The topological polar surface area (TPSA) is 59.9 Å². The van der Waals surface area contributed by atoms with Gasteiger partial charge in [0.15, 0.2) is 0 Å². The molecule has 90 valence electrons. The maximum absolute atomic E-state index is 5.14. The molecular formula is C11H14N4OS. The first kappa shape index (κ1) is 11.8. The fraction of sp³-hybridized carbons (Fsp3) is 0.364. The van der Waals surface area contributed by atoms with Gasteiger partial charge in [0.25, 0.3) is 0 Å². The van der Waals surface area contributed by atoms with Crippen molar-refractivity contribution >= 4 is 17.2 Å². The van der Waals surface area contributed by atoms with Crippen molar-refractivity contribution in [2.45, 2.75) is 13.3 Å². The van der Waals surface area contributed by atoms with E-state index >= 15 is 0 Å². The third-order valence-electron chi connectivity index (χ3n) is 2.39. The molecule has 0 radical (unpaired) electrons. The molecule has 0 saturated heterocycles. The van der Waals surface area contributed by atoms with Crippen LogP contribution in [0.25, 0.3) is 0 Å². The fourth-order valence-corrected chi connectivity index (χ4v) is 2.08. The Morgan fingerprint density at radius 2 is 2.24 bits per heavy atom. The molecular weight excluding hydrogens is 236 g/mol. The third-order valence-corrected chi connectivity index (χ3v) is 3.02. The highest BCUT2D eigenvalue weighted by Crippen LogP contribution is 2.19. The van der Waals surface area contributed by atoms with E-state index in [1.165, 1.54) is 6.33 Å². The van der Waals surface area contributed by atoms with Gasteiger partial charge < -0.3 is 10.1 Å². The predicted molar refractivity (Wildman–Crippen MR) is 67.6 cm³/mol. The molecule has 0 bridgehead atoms. The van der Waals surface area contributed by atoms with Gasteiger partial charge in [0.1, 0.15) is 12.1 Å². The summed E-state index contributed by atoms with van der Waals surface area (Å²) >= 11 is 1.61. The normalized spacial score (nSPS) is 10.2. The van der Waals surface area contributed by atoms with Crippen molar-refractivity contribution in [2.75, 3.05) is 19.0 Å². The van der Waals surface area contributed by atoms with Gasteiger partial charge >= 0.3 is 0 Å². The molecule has 2 rings (SSSR count). The van der Waals surface area contributed by atoms with Gasteiger partial charge in [-0.1, -0.05) is 0 Å². The van der Waals surface area contributed by atoms with Gasteiger partial charge in [-0.15, -0.1) is 11.3 Å². The molecule has 17 heavy (non-hydrogen) atoms. The van der Waals surface area contributed by atoms with Crippen LogP contribution in [0.4, 0.5) is 5.82 Å². The van der Waals surface area contributed by atoms with E-state index < -0.39 is 0 Å². The highest BCUT2D eigenvalue weighted by Gasteiger charge is 2.06. The van der Waals surface area contributed by atoms with Gasteiger partial charge in [-0.2, -0.15) is 0 Å². The minimum atomic E-state index is 0.608. The Morgan fingerprint density at radius 3 is 2.94 bits per heavy atom. The van der Waals surface area contributed by atoms with Crippen LogP contribution in [0.3, 0.4) is 0 Å². The van der Waals surface area contributed by atoms with E-state index in [2.05, 4.69) is 25.6 Å². The van der Waals surface area contributed by atoms with Gasteiger partial charge in [0.05, 0.1) is 23.9 Å². The Bertz CT molecular complexity index is 472. The van der Waals surface area contributed by atoms with Crippen molar-refractivity contribution in [2.24, 2.45) is 0 Å². The van der Waals surface area contributed by atoms with Crippen LogP contribution in [0, 0.1) is 6.92 Å². The second kappa shape index (κ2) is 5.58. The molecule has 0 aliphatic rings. The number of hydrogen-bond donors (Lipinski definition) is 1. The monoisotopic (exact) mass is 250 g/mol.